The molecule has 4 rings (SSSR count). The zero-order valence-corrected chi connectivity index (χ0v) is 25.5. The first-order chi connectivity index (χ1) is 19.2. The highest BCUT2D eigenvalue weighted by atomic mass is 79.9. The Hall–Kier alpha value is -3.12. The van der Waals surface area contributed by atoms with Gasteiger partial charge in [0.15, 0.2) is 6.61 Å². The fraction of sp³-hybridized carbons (Fsp3) is 0.412. The number of benzene rings is 3. The third kappa shape index (κ3) is 8.44. The van der Waals surface area contributed by atoms with Gasteiger partial charge in [-0.1, -0.05) is 117 Å². The van der Waals surface area contributed by atoms with Crippen LogP contribution < -0.4 is 10.1 Å². The summed E-state index contributed by atoms with van der Waals surface area (Å²) in [5.74, 6) is 0.370. The molecule has 6 heteroatoms. The van der Waals surface area contributed by atoms with E-state index in [0.717, 1.165) is 46.8 Å². The molecule has 5 nitrogen and oxygen atoms in total. The quantitative estimate of drug-likeness (QED) is 0.266. The Balaban J connectivity index is 1.64. The van der Waals surface area contributed by atoms with Crippen molar-refractivity contribution in [3.05, 3.63) is 100 Å². The summed E-state index contributed by atoms with van der Waals surface area (Å²) in [6.07, 6.45) is 5.84. The first kappa shape index (κ1) is 29.9. The van der Waals surface area contributed by atoms with Gasteiger partial charge in [-0.3, -0.25) is 9.59 Å². The molecule has 40 heavy (non-hydrogen) atoms. The molecule has 0 aromatic heterocycles. The molecule has 1 atom stereocenters. The van der Waals surface area contributed by atoms with Gasteiger partial charge in [-0.05, 0) is 53.1 Å². The summed E-state index contributed by atoms with van der Waals surface area (Å²) in [6.45, 7) is 6.54. The molecule has 0 heterocycles. The lowest BCUT2D eigenvalue weighted by molar-refractivity contribution is -0.143. The largest absolute Gasteiger partial charge is 0.483 e. The topological polar surface area (TPSA) is 58.6 Å². The summed E-state index contributed by atoms with van der Waals surface area (Å²) < 4.78 is 7.10. The number of hydrogen-bond donors (Lipinski definition) is 1. The van der Waals surface area contributed by atoms with Crippen molar-refractivity contribution in [3.63, 3.8) is 0 Å². The summed E-state index contributed by atoms with van der Waals surface area (Å²) in [4.78, 5) is 29.6. The number of carbonyl (C=O) groups excluding carboxylic acids is 2. The van der Waals surface area contributed by atoms with Gasteiger partial charge in [-0.2, -0.15) is 0 Å². The summed E-state index contributed by atoms with van der Waals surface area (Å²) in [5, 5.41) is 3.29. The van der Waals surface area contributed by atoms with Crippen molar-refractivity contribution in [2.24, 2.45) is 0 Å². The lowest BCUT2D eigenvalue weighted by Crippen LogP contribution is -2.53. The van der Waals surface area contributed by atoms with Crippen LogP contribution in [-0.2, 0) is 28.0 Å². The van der Waals surface area contributed by atoms with Gasteiger partial charge in [-0.25, -0.2) is 0 Å². The molecule has 3 aromatic rings. The van der Waals surface area contributed by atoms with Gasteiger partial charge in [0.05, 0.1) is 0 Å². The monoisotopic (exact) mass is 604 g/mol. The summed E-state index contributed by atoms with van der Waals surface area (Å²) in [6, 6.07) is 25.2. The lowest BCUT2D eigenvalue weighted by Gasteiger charge is -2.33. The molecule has 1 unspecified atom stereocenters. The molecule has 212 valence electrons. The molecule has 0 bridgehead atoms. The fourth-order valence-electron chi connectivity index (χ4n) is 5.36. The summed E-state index contributed by atoms with van der Waals surface area (Å²) >= 11 is 3.56. The van der Waals surface area contributed by atoms with E-state index in [1.807, 2.05) is 78.9 Å². The average molecular weight is 606 g/mol. The second-order valence-electron chi connectivity index (χ2n) is 11.7. The lowest BCUT2D eigenvalue weighted by atomic mass is 9.86. The fourth-order valence-corrected chi connectivity index (χ4v) is 5.81. The van der Waals surface area contributed by atoms with E-state index in [9.17, 15) is 9.59 Å². The van der Waals surface area contributed by atoms with Crippen LogP contribution in [0.5, 0.6) is 5.75 Å². The molecule has 1 aliphatic carbocycles. The van der Waals surface area contributed by atoms with E-state index >= 15 is 0 Å². The zero-order chi connectivity index (χ0) is 28.5. The molecule has 1 N–H and O–H groups in total. The molecule has 1 fully saturated rings. The third-order valence-electron chi connectivity index (χ3n) is 7.51. The zero-order valence-electron chi connectivity index (χ0n) is 23.9. The summed E-state index contributed by atoms with van der Waals surface area (Å²) in [5.41, 5.74) is 2.86. The SMILES string of the molecule is CC(C)(C)c1ccccc1OCC(=O)N(Cc1cccc(Br)c1)C(Cc1ccccc1)C(=O)NC1CCCCC1. The van der Waals surface area contributed by atoms with Crippen LogP contribution in [-0.4, -0.2) is 35.4 Å². The van der Waals surface area contributed by atoms with Gasteiger partial charge in [0.25, 0.3) is 5.91 Å². The highest BCUT2D eigenvalue weighted by molar-refractivity contribution is 9.10. The Labute approximate surface area is 247 Å². The van der Waals surface area contributed by atoms with Crippen LogP contribution in [0.15, 0.2) is 83.3 Å². The minimum atomic E-state index is -0.669. The van der Waals surface area contributed by atoms with E-state index in [0.29, 0.717) is 18.7 Å². The molecular formula is C34H41BrN2O3. The minimum Gasteiger partial charge on any atom is -0.483 e. The van der Waals surface area contributed by atoms with E-state index in [4.69, 9.17) is 4.74 Å². The third-order valence-corrected chi connectivity index (χ3v) is 8.00. The number of carbonyl (C=O) groups is 2. The second-order valence-corrected chi connectivity index (χ2v) is 12.7. The number of nitrogens with zero attached hydrogens (tertiary/aromatic N) is 1. The van der Waals surface area contributed by atoms with Crippen LogP contribution in [0, 0.1) is 0 Å². The molecular weight excluding hydrogens is 564 g/mol. The molecule has 0 spiro atoms. The van der Waals surface area contributed by atoms with Gasteiger partial charge < -0.3 is 15.0 Å². The van der Waals surface area contributed by atoms with Crippen LogP contribution in [0.25, 0.3) is 0 Å². The normalized spacial score (nSPS) is 14.8. The Morgan fingerprint density at radius 2 is 1.60 bits per heavy atom. The van der Waals surface area contributed by atoms with Crippen LogP contribution in [0.3, 0.4) is 0 Å². The van der Waals surface area contributed by atoms with Crippen molar-refractivity contribution < 1.29 is 14.3 Å². The van der Waals surface area contributed by atoms with E-state index in [1.54, 1.807) is 4.90 Å². The van der Waals surface area contributed by atoms with Crippen molar-refractivity contribution in [2.45, 2.75) is 83.3 Å². The standard InChI is InChI=1S/C34H41BrN2O3/c1-34(2,3)29-19-10-11-20-31(29)40-24-32(38)37(23-26-15-12-16-27(35)21-26)30(22-25-13-6-4-7-14-25)33(39)36-28-17-8-5-9-18-28/h4,6-7,10-16,19-21,28,30H,5,8-9,17-18,22-24H2,1-3H3,(H,36,39). The maximum absolute atomic E-state index is 14.0. The van der Waals surface area contributed by atoms with Crippen molar-refractivity contribution in [1.29, 1.82) is 0 Å². The number of rotatable bonds is 10. The van der Waals surface area contributed by atoms with Crippen molar-refractivity contribution in [1.82, 2.24) is 10.2 Å². The van der Waals surface area contributed by atoms with Crippen molar-refractivity contribution in [2.75, 3.05) is 6.61 Å². The van der Waals surface area contributed by atoms with Crippen molar-refractivity contribution in [3.8, 4) is 5.75 Å². The van der Waals surface area contributed by atoms with Gasteiger partial charge in [0.1, 0.15) is 11.8 Å². The number of nitrogens with one attached hydrogen (secondary N) is 1. The van der Waals surface area contributed by atoms with Crippen LogP contribution >= 0.6 is 15.9 Å². The Bertz CT molecular complexity index is 1270. The molecule has 0 saturated heterocycles. The molecule has 3 aromatic carbocycles. The van der Waals surface area contributed by atoms with Crippen LogP contribution in [0.1, 0.15) is 69.6 Å². The van der Waals surface area contributed by atoms with Gasteiger partial charge in [0.2, 0.25) is 5.91 Å². The maximum atomic E-state index is 14.0. The molecule has 1 saturated carbocycles. The number of hydrogen-bond acceptors (Lipinski definition) is 3. The predicted octanol–water partition coefficient (Wildman–Crippen LogP) is 7.21. The van der Waals surface area contributed by atoms with E-state index in [2.05, 4.69) is 42.0 Å². The number of halogens is 1. The summed E-state index contributed by atoms with van der Waals surface area (Å²) in [7, 11) is 0. The number of amides is 2. The van der Waals surface area contributed by atoms with E-state index in [1.165, 1.54) is 6.42 Å². The smallest absolute Gasteiger partial charge is 0.261 e. The molecule has 2 amide bonds. The highest BCUT2D eigenvalue weighted by Crippen LogP contribution is 2.31. The number of para-hydroxylation sites is 1. The van der Waals surface area contributed by atoms with Crippen molar-refractivity contribution >= 4 is 27.7 Å². The van der Waals surface area contributed by atoms with E-state index in [-0.39, 0.29) is 29.9 Å². The first-order valence-electron chi connectivity index (χ1n) is 14.3. The highest BCUT2D eigenvalue weighted by Gasteiger charge is 2.32. The van der Waals surface area contributed by atoms with Gasteiger partial charge >= 0.3 is 0 Å². The first-order valence-corrected chi connectivity index (χ1v) is 15.1. The molecule has 1 aliphatic rings. The molecule has 0 radical (unpaired) electrons. The van der Waals surface area contributed by atoms with Gasteiger partial charge in [-0.15, -0.1) is 0 Å². The Morgan fingerprint density at radius 1 is 0.925 bits per heavy atom. The predicted molar refractivity (Wildman–Crippen MR) is 164 cm³/mol. The number of ether oxygens (including phenoxy) is 1. The maximum Gasteiger partial charge on any atom is 0.261 e. The minimum absolute atomic E-state index is 0.103. The second kappa shape index (κ2) is 14.0. The Kier molecular flexibility index (Phi) is 10.4. The van der Waals surface area contributed by atoms with Gasteiger partial charge in [0, 0.05) is 23.5 Å². The van der Waals surface area contributed by atoms with Crippen LogP contribution in [0.4, 0.5) is 0 Å². The van der Waals surface area contributed by atoms with Crippen LogP contribution in [0.2, 0.25) is 0 Å². The average Bonchev–Trinajstić information content (AvgIpc) is 2.94. The Morgan fingerprint density at radius 3 is 2.30 bits per heavy atom. The molecule has 0 aliphatic heterocycles. The van der Waals surface area contributed by atoms with E-state index < -0.39 is 6.04 Å².